The van der Waals surface area contributed by atoms with Gasteiger partial charge in [-0.05, 0) is 44.9 Å². The summed E-state index contributed by atoms with van der Waals surface area (Å²) in [7, 11) is 0. The predicted molar refractivity (Wildman–Crippen MR) is 110 cm³/mol. The second-order valence-electron chi connectivity index (χ2n) is 7.58. The Labute approximate surface area is 165 Å². The summed E-state index contributed by atoms with van der Waals surface area (Å²) >= 11 is 0. The molecule has 0 unspecified atom stereocenters. The Morgan fingerprint density at radius 2 is 1.78 bits per heavy atom. The smallest absolute Gasteiger partial charge is 0.330 e. The lowest BCUT2D eigenvalue weighted by Crippen LogP contribution is -2.15. The number of carbonyl (C=O) groups is 2. The van der Waals surface area contributed by atoms with Crippen LogP contribution >= 0.6 is 0 Å². The molecule has 27 heavy (non-hydrogen) atoms. The highest BCUT2D eigenvalue weighted by Gasteiger charge is 2.37. The molecule has 1 fully saturated rings. The molecule has 0 amide bonds. The monoisotopic (exact) mass is 378 g/mol. The average molecular weight is 379 g/mol. The lowest BCUT2D eigenvalue weighted by atomic mass is 9.86. The van der Waals surface area contributed by atoms with Crippen molar-refractivity contribution in [2.24, 2.45) is 11.8 Å². The Kier molecular flexibility index (Phi) is 12.6. The predicted octanol–water partition coefficient (Wildman–Crippen LogP) is 6.06. The van der Waals surface area contributed by atoms with Crippen LogP contribution in [0.15, 0.2) is 24.0 Å². The van der Waals surface area contributed by atoms with E-state index in [1.165, 1.54) is 44.6 Å². The average Bonchev–Trinajstić information content (AvgIpc) is 2.96. The highest BCUT2D eigenvalue weighted by Crippen LogP contribution is 2.39. The molecule has 0 aliphatic heterocycles. The van der Waals surface area contributed by atoms with Crippen LogP contribution in [0.2, 0.25) is 0 Å². The molecule has 0 aromatic carbocycles. The maximum Gasteiger partial charge on any atom is 0.330 e. The molecular weight excluding hydrogens is 340 g/mol. The number of ketones is 1. The molecule has 0 saturated heterocycles. The van der Waals surface area contributed by atoms with Gasteiger partial charge in [0.1, 0.15) is 0 Å². The molecule has 4 heteroatoms. The van der Waals surface area contributed by atoms with Crippen LogP contribution in [-0.2, 0) is 14.3 Å². The van der Waals surface area contributed by atoms with Crippen molar-refractivity contribution in [3.8, 4) is 0 Å². The Morgan fingerprint density at radius 1 is 1.07 bits per heavy atom. The summed E-state index contributed by atoms with van der Waals surface area (Å²) in [6, 6.07) is 0. The third kappa shape index (κ3) is 9.25. The van der Waals surface area contributed by atoms with Crippen molar-refractivity contribution in [3.05, 3.63) is 24.0 Å². The molecule has 0 radical (unpaired) electrons. The third-order valence-corrected chi connectivity index (χ3v) is 5.47. The van der Waals surface area contributed by atoms with Gasteiger partial charge in [-0.3, -0.25) is 4.79 Å². The van der Waals surface area contributed by atoms with Crippen molar-refractivity contribution in [2.75, 3.05) is 6.61 Å². The Morgan fingerprint density at radius 3 is 2.48 bits per heavy atom. The second-order valence-corrected chi connectivity index (χ2v) is 7.58. The summed E-state index contributed by atoms with van der Waals surface area (Å²) in [5.74, 6) is 0.306. The number of aliphatic hydroxyl groups is 1. The summed E-state index contributed by atoms with van der Waals surface area (Å²) < 4.78 is 4.85. The minimum atomic E-state index is -0.291. The summed E-state index contributed by atoms with van der Waals surface area (Å²) in [5.41, 5.74) is 0.609. The number of carbonyl (C=O) groups excluding carboxylic acids is 2. The quantitative estimate of drug-likeness (QED) is 0.173. The largest absolute Gasteiger partial charge is 0.515 e. The van der Waals surface area contributed by atoms with E-state index in [1.54, 1.807) is 6.92 Å². The van der Waals surface area contributed by atoms with E-state index in [4.69, 9.17) is 4.74 Å². The SMILES string of the molecule is CCCCCCCC[C@H]1CC(=CO)C(=O)[C@@H]1CCCCC=CC(=O)OCC. The van der Waals surface area contributed by atoms with Crippen molar-refractivity contribution in [2.45, 2.75) is 90.9 Å². The van der Waals surface area contributed by atoms with Crippen LogP contribution in [0.1, 0.15) is 90.9 Å². The highest BCUT2D eigenvalue weighted by atomic mass is 16.5. The molecule has 1 N–H and O–H groups in total. The molecule has 1 aliphatic carbocycles. The summed E-state index contributed by atoms with van der Waals surface area (Å²) in [6.45, 7) is 4.42. The van der Waals surface area contributed by atoms with Crippen molar-refractivity contribution < 1.29 is 19.4 Å². The van der Waals surface area contributed by atoms with Crippen LogP contribution < -0.4 is 0 Å². The number of aliphatic hydroxyl groups excluding tert-OH is 1. The fourth-order valence-corrected chi connectivity index (χ4v) is 3.95. The maximum absolute atomic E-state index is 12.5. The van der Waals surface area contributed by atoms with Gasteiger partial charge in [-0.15, -0.1) is 0 Å². The number of ether oxygens (including phenoxy) is 1. The van der Waals surface area contributed by atoms with E-state index < -0.39 is 0 Å². The van der Waals surface area contributed by atoms with E-state index in [0.29, 0.717) is 18.1 Å². The minimum absolute atomic E-state index is 0.0630. The van der Waals surface area contributed by atoms with Gasteiger partial charge in [0.15, 0.2) is 5.78 Å². The van der Waals surface area contributed by atoms with Gasteiger partial charge in [0.2, 0.25) is 0 Å². The van der Waals surface area contributed by atoms with Crippen LogP contribution in [0.3, 0.4) is 0 Å². The van der Waals surface area contributed by atoms with Crippen LogP contribution in [0.25, 0.3) is 0 Å². The van der Waals surface area contributed by atoms with Crippen LogP contribution in [0.4, 0.5) is 0 Å². The van der Waals surface area contributed by atoms with Crippen molar-refractivity contribution in [3.63, 3.8) is 0 Å². The van der Waals surface area contributed by atoms with Gasteiger partial charge in [-0.25, -0.2) is 4.79 Å². The number of esters is 1. The van der Waals surface area contributed by atoms with Gasteiger partial charge in [-0.2, -0.15) is 0 Å². The zero-order chi connectivity index (χ0) is 19.9. The first-order chi connectivity index (χ1) is 13.1. The maximum atomic E-state index is 12.5. The van der Waals surface area contributed by atoms with Gasteiger partial charge in [0.05, 0.1) is 12.9 Å². The molecule has 0 heterocycles. The first-order valence-corrected chi connectivity index (χ1v) is 10.8. The molecule has 1 saturated carbocycles. The number of rotatable bonds is 14. The van der Waals surface area contributed by atoms with E-state index in [9.17, 15) is 14.7 Å². The van der Waals surface area contributed by atoms with Crippen molar-refractivity contribution in [1.29, 1.82) is 0 Å². The topological polar surface area (TPSA) is 63.6 Å². The lowest BCUT2D eigenvalue weighted by molar-refractivity contribution is -0.137. The first-order valence-electron chi connectivity index (χ1n) is 10.8. The standard InChI is InChI=1S/C23H38O4/c1-3-5-6-7-8-11-14-19-17-20(18-24)23(26)21(19)15-12-9-10-13-16-22(25)27-4-2/h13,16,18-19,21,24H,3-12,14-15,17H2,1-2H3/t19-,21+/m0/s1. The third-order valence-electron chi connectivity index (χ3n) is 5.47. The molecule has 2 atom stereocenters. The Hall–Kier alpha value is -1.58. The fourth-order valence-electron chi connectivity index (χ4n) is 3.95. The highest BCUT2D eigenvalue weighted by molar-refractivity contribution is 5.99. The van der Waals surface area contributed by atoms with E-state index in [1.807, 2.05) is 6.08 Å². The molecule has 0 bridgehead atoms. The molecule has 1 rings (SSSR count). The number of Topliss-reactive ketones (excluding diaryl/α,β-unsaturated/α-hetero) is 1. The number of allylic oxidation sites excluding steroid dienone is 2. The normalized spacial score (nSPS) is 21.4. The second kappa shape index (κ2) is 14.5. The van der Waals surface area contributed by atoms with E-state index >= 15 is 0 Å². The van der Waals surface area contributed by atoms with Crippen LogP contribution in [0.5, 0.6) is 0 Å². The van der Waals surface area contributed by atoms with Crippen LogP contribution in [-0.4, -0.2) is 23.5 Å². The van der Waals surface area contributed by atoms with Crippen molar-refractivity contribution >= 4 is 11.8 Å². The van der Waals surface area contributed by atoms with Crippen LogP contribution in [0, 0.1) is 11.8 Å². The van der Waals surface area contributed by atoms with Gasteiger partial charge in [-0.1, -0.05) is 57.9 Å². The zero-order valence-electron chi connectivity index (χ0n) is 17.3. The Bertz CT molecular complexity index is 493. The molecule has 0 aromatic heterocycles. The van der Waals surface area contributed by atoms with Crippen molar-refractivity contribution in [1.82, 2.24) is 0 Å². The van der Waals surface area contributed by atoms with Gasteiger partial charge in [0, 0.05) is 17.6 Å². The summed E-state index contributed by atoms with van der Waals surface area (Å²) in [6.07, 6.45) is 17.4. The van der Waals surface area contributed by atoms with E-state index in [0.717, 1.165) is 44.8 Å². The molecule has 0 spiro atoms. The van der Waals surface area contributed by atoms with Gasteiger partial charge >= 0.3 is 5.97 Å². The van der Waals surface area contributed by atoms with Gasteiger partial charge in [0.25, 0.3) is 0 Å². The van der Waals surface area contributed by atoms with E-state index in [-0.39, 0.29) is 17.7 Å². The Balaban J connectivity index is 2.33. The first kappa shape index (κ1) is 23.5. The summed E-state index contributed by atoms with van der Waals surface area (Å²) in [4.78, 5) is 23.7. The lowest BCUT2D eigenvalue weighted by Gasteiger charge is -2.17. The van der Waals surface area contributed by atoms with E-state index in [2.05, 4.69) is 6.92 Å². The van der Waals surface area contributed by atoms with Gasteiger partial charge < -0.3 is 9.84 Å². The molecule has 1 aliphatic rings. The fraction of sp³-hybridized carbons (Fsp3) is 0.739. The number of hydrogen-bond donors (Lipinski definition) is 1. The number of unbranched alkanes of at least 4 members (excludes halogenated alkanes) is 7. The minimum Gasteiger partial charge on any atom is -0.515 e. The number of hydrogen-bond acceptors (Lipinski definition) is 4. The molecular formula is C23H38O4. The summed E-state index contributed by atoms with van der Waals surface area (Å²) in [5, 5.41) is 9.34. The zero-order valence-corrected chi connectivity index (χ0v) is 17.3. The molecule has 154 valence electrons. The molecule has 0 aromatic rings. The molecule has 4 nitrogen and oxygen atoms in total.